The normalized spacial score (nSPS) is 20.2. The minimum atomic E-state index is -0.852. The number of carboxylic acid groups (broad SMARTS) is 1. The van der Waals surface area contributed by atoms with Crippen molar-refractivity contribution >= 4 is 40.9 Å². The molecule has 2 fully saturated rings. The number of aryl methyl sites for hydroxylation is 1. The van der Waals surface area contributed by atoms with Crippen LogP contribution in [0.5, 0.6) is 0 Å². The van der Waals surface area contributed by atoms with Gasteiger partial charge >= 0.3 is 12.0 Å². The van der Waals surface area contributed by atoms with Gasteiger partial charge in [0.15, 0.2) is 0 Å². The molecule has 1 spiro atoms. The number of benzene rings is 3. The monoisotopic (exact) mass is 615 g/mol. The molecule has 1 aliphatic carbocycles. The maximum atomic E-state index is 14.7. The van der Waals surface area contributed by atoms with Gasteiger partial charge in [-0.2, -0.15) is 0 Å². The molecule has 3 aromatic rings. The zero-order valence-electron chi connectivity index (χ0n) is 25.4. The quantitative estimate of drug-likeness (QED) is 0.319. The number of hydrogen-bond donors (Lipinski definition) is 2. The van der Waals surface area contributed by atoms with Crippen molar-refractivity contribution in [3.05, 3.63) is 94.0 Å². The van der Waals surface area contributed by atoms with E-state index in [9.17, 15) is 19.5 Å². The van der Waals surface area contributed by atoms with Gasteiger partial charge < -0.3 is 20.2 Å². The number of quaternary nitrogens is 1. The van der Waals surface area contributed by atoms with Crippen molar-refractivity contribution in [3.63, 3.8) is 0 Å². The first-order valence-corrected chi connectivity index (χ1v) is 15.8. The summed E-state index contributed by atoms with van der Waals surface area (Å²) in [6, 6.07) is 21.1. The van der Waals surface area contributed by atoms with E-state index in [0.29, 0.717) is 42.3 Å². The summed E-state index contributed by atoms with van der Waals surface area (Å²) in [5.74, 6) is -0.156. The molecule has 3 amide bonds. The van der Waals surface area contributed by atoms with Crippen LogP contribution in [0.2, 0.25) is 5.02 Å². The summed E-state index contributed by atoms with van der Waals surface area (Å²) in [7, 11) is 4.01. The molecule has 44 heavy (non-hydrogen) atoms. The van der Waals surface area contributed by atoms with Gasteiger partial charge in [-0.05, 0) is 78.6 Å². The van der Waals surface area contributed by atoms with E-state index in [1.54, 1.807) is 24.3 Å². The molecule has 8 nitrogen and oxygen atoms in total. The van der Waals surface area contributed by atoms with Gasteiger partial charge in [0, 0.05) is 57.8 Å². The summed E-state index contributed by atoms with van der Waals surface area (Å²) in [5, 5.41) is 13.0. The van der Waals surface area contributed by atoms with Gasteiger partial charge in [0.2, 0.25) is 0 Å². The van der Waals surface area contributed by atoms with E-state index in [4.69, 9.17) is 11.6 Å². The van der Waals surface area contributed by atoms with Gasteiger partial charge in [-0.15, -0.1) is 0 Å². The van der Waals surface area contributed by atoms with Crippen LogP contribution in [0, 0.1) is 5.41 Å². The third-order valence-electron chi connectivity index (χ3n) is 10.3. The van der Waals surface area contributed by atoms with Crippen molar-refractivity contribution in [2.24, 2.45) is 5.41 Å². The molecule has 1 unspecified atom stereocenters. The molecule has 2 heterocycles. The lowest BCUT2D eigenvalue weighted by Crippen LogP contribution is -2.61. The van der Waals surface area contributed by atoms with Gasteiger partial charge in [0.25, 0.3) is 5.91 Å². The first-order valence-electron chi connectivity index (χ1n) is 15.5. The van der Waals surface area contributed by atoms with Crippen LogP contribution in [-0.4, -0.2) is 68.2 Å². The molecule has 3 aliphatic rings. The van der Waals surface area contributed by atoms with Crippen molar-refractivity contribution < 1.29 is 19.5 Å². The van der Waals surface area contributed by atoms with Crippen LogP contribution in [0.15, 0.2) is 66.7 Å². The topological polar surface area (TPSA) is 90.0 Å². The molecule has 0 bridgehead atoms. The molecule has 1 atom stereocenters. The van der Waals surface area contributed by atoms with Crippen molar-refractivity contribution in [2.45, 2.75) is 44.6 Å². The van der Waals surface area contributed by atoms with Crippen LogP contribution in [0.3, 0.4) is 0 Å². The Morgan fingerprint density at radius 2 is 1.64 bits per heavy atom. The molecular weight excluding hydrogens is 576 g/mol. The number of anilines is 1. The highest BCUT2D eigenvalue weighted by molar-refractivity contribution is 6.33. The number of hydrogen-bond acceptors (Lipinski definition) is 4. The van der Waals surface area contributed by atoms with Gasteiger partial charge in [-0.3, -0.25) is 4.79 Å². The lowest BCUT2D eigenvalue weighted by atomic mass is 9.70. The van der Waals surface area contributed by atoms with Crippen molar-refractivity contribution in [1.29, 1.82) is 0 Å². The largest absolute Gasteiger partial charge is 0.465 e. The average Bonchev–Trinajstić information content (AvgIpc) is 3.43. The number of rotatable bonds is 5. The Hall–Kier alpha value is -3.88. The fraction of sp³-hybridized carbons (Fsp3) is 0.400. The fourth-order valence-corrected chi connectivity index (χ4v) is 7.62. The van der Waals surface area contributed by atoms with E-state index in [0.717, 1.165) is 61.0 Å². The maximum Gasteiger partial charge on any atom is 0.407 e. The number of nitrogens with zero attached hydrogens (tertiary/aromatic N) is 3. The summed E-state index contributed by atoms with van der Waals surface area (Å²) >= 11 is 6.29. The first-order chi connectivity index (χ1) is 21.1. The van der Waals surface area contributed by atoms with E-state index in [1.807, 2.05) is 32.3 Å². The summed E-state index contributed by atoms with van der Waals surface area (Å²) < 4.78 is 0.230. The van der Waals surface area contributed by atoms with Crippen LogP contribution in [0.4, 0.5) is 16.2 Å². The zero-order chi connectivity index (χ0) is 31.1. The van der Waals surface area contributed by atoms with Gasteiger partial charge in [0.05, 0.1) is 35.3 Å². The molecular formula is C35H40ClN4O4+. The first kappa shape index (κ1) is 30.2. The van der Waals surface area contributed by atoms with E-state index in [2.05, 4.69) is 34.5 Å². The minimum Gasteiger partial charge on any atom is -0.465 e. The summed E-state index contributed by atoms with van der Waals surface area (Å²) in [6.07, 6.45) is 4.14. The van der Waals surface area contributed by atoms with Gasteiger partial charge in [-0.1, -0.05) is 29.8 Å². The highest BCUT2D eigenvalue weighted by atomic mass is 35.5. The van der Waals surface area contributed by atoms with Crippen LogP contribution < -0.4 is 14.7 Å². The molecule has 9 heteroatoms. The second-order valence-electron chi connectivity index (χ2n) is 12.9. The summed E-state index contributed by atoms with van der Waals surface area (Å²) in [6.45, 7) is 2.42. The number of carbonyl (C=O) groups excluding carboxylic acids is 2. The SMILES string of the molecule is CN(C)c1ccc([N+]2(C(=O)c3ccc4c(c3)C(NC(=O)c3ccccc3Cl)CC4)CCC3(CCN(C(=O)O)CC3)CC2)cc1. The van der Waals surface area contributed by atoms with Crippen molar-refractivity contribution in [2.75, 3.05) is 45.2 Å². The van der Waals surface area contributed by atoms with Crippen molar-refractivity contribution in [3.8, 4) is 0 Å². The third-order valence-corrected chi connectivity index (χ3v) is 10.6. The molecule has 6 rings (SSSR count). The Morgan fingerprint density at radius 1 is 0.955 bits per heavy atom. The Morgan fingerprint density at radius 3 is 2.27 bits per heavy atom. The lowest BCUT2D eigenvalue weighted by Gasteiger charge is -2.49. The van der Waals surface area contributed by atoms with E-state index < -0.39 is 6.09 Å². The van der Waals surface area contributed by atoms with Crippen LogP contribution in [0.25, 0.3) is 0 Å². The van der Waals surface area contributed by atoms with E-state index in [-0.39, 0.29) is 27.8 Å². The fourth-order valence-electron chi connectivity index (χ4n) is 7.39. The number of likely N-dealkylation sites (tertiary alicyclic amines) is 2. The lowest BCUT2D eigenvalue weighted by molar-refractivity contribution is 0.0332. The molecule has 0 radical (unpaired) electrons. The van der Waals surface area contributed by atoms with E-state index in [1.165, 1.54) is 4.90 Å². The Bertz CT molecular complexity index is 1570. The Labute approximate surface area is 263 Å². The number of fused-ring (bicyclic) bond motifs is 1. The minimum absolute atomic E-state index is 0.0591. The Kier molecular flexibility index (Phi) is 8.16. The molecule has 2 aliphatic heterocycles. The highest BCUT2D eigenvalue weighted by Crippen LogP contribution is 2.46. The second kappa shape index (κ2) is 11.9. The predicted octanol–water partition coefficient (Wildman–Crippen LogP) is 6.53. The molecule has 230 valence electrons. The summed E-state index contributed by atoms with van der Waals surface area (Å²) in [4.78, 5) is 42.9. The van der Waals surface area contributed by atoms with Crippen molar-refractivity contribution in [1.82, 2.24) is 14.7 Å². The predicted molar refractivity (Wildman–Crippen MR) is 174 cm³/mol. The number of carbonyl (C=O) groups is 3. The smallest absolute Gasteiger partial charge is 0.407 e. The van der Waals surface area contributed by atoms with Gasteiger partial charge in [-0.25, -0.2) is 14.1 Å². The average molecular weight is 616 g/mol. The number of piperidine rings is 2. The third kappa shape index (κ3) is 5.57. The van der Waals surface area contributed by atoms with Crippen LogP contribution in [0.1, 0.15) is 70.0 Å². The number of amides is 3. The molecule has 2 N–H and O–H groups in total. The van der Waals surface area contributed by atoms with Crippen LogP contribution in [-0.2, 0) is 6.42 Å². The molecule has 0 aromatic heterocycles. The van der Waals surface area contributed by atoms with E-state index >= 15 is 0 Å². The molecule has 2 saturated heterocycles. The standard InChI is InChI=1S/C35H39ClN4O4/c1-38(2)26-10-12-27(13-11-26)40(21-17-35(18-22-40)15-19-39(20-16-35)34(43)44)33(42)25-8-7-24-9-14-31(29(24)23-25)37-32(41)28-5-3-4-6-30(28)36/h3-8,10-13,23,31H,9,14-22H2,1-2H3,(H-,37,41,43,44)/p+1. The Balaban J connectivity index is 1.29. The molecule has 0 saturated carbocycles. The second-order valence-corrected chi connectivity index (χ2v) is 13.3. The summed E-state index contributed by atoms with van der Waals surface area (Å²) in [5.41, 5.74) is 5.34. The zero-order valence-corrected chi connectivity index (χ0v) is 26.1. The molecule has 3 aromatic carbocycles. The van der Waals surface area contributed by atoms with Gasteiger partial charge in [0.1, 0.15) is 5.69 Å². The highest BCUT2D eigenvalue weighted by Gasteiger charge is 2.50. The number of halogens is 1. The van der Waals surface area contributed by atoms with Crippen LogP contribution >= 0.6 is 11.6 Å². The maximum absolute atomic E-state index is 14.7. The number of nitrogens with one attached hydrogen (secondary N) is 1.